The van der Waals surface area contributed by atoms with Gasteiger partial charge >= 0.3 is 0 Å². The number of hydrogen-bond donors (Lipinski definition) is 1. The lowest BCUT2D eigenvalue weighted by molar-refractivity contribution is -0.141. The molecule has 0 bridgehead atoms. The van der Waals surface area contributed by atoms with Crippen LogP contribution in [0.2, 0.25) is 10.0 Å². The molecule has 0 radical (unpaired) electrons. The van der Waals surface area contributed by atoms with E-state index in [2.05, 4.69) is 5.32 Å². The Hall–Kier alpha value is -3.07. The van der Waals surface area contributed by atoms with Crippen LogP contribution in [0.4, 0.5) is 5.69 Å². The molecular formula is C33H41Cl2N3O4S. The predicted molar refractivity (Wildman–Crippen MR) is 176 cm³/mol. The van der Waals surface area contributed by atoms with Gasteiger partial charge < -0.3 is 10.2 Å². The first-order chi connectivity index (χ1) is 20.3. The van der Waals surface area contributed by atoms with Crippen molar-refractivity contribution in [3.05, 3.63) is 99.0 Å². The Labute approximate surface area is 266 Å². The summed E-state index contributed by atoms with van der Waals surface area (Å²) in [5, 5.41) is 3.80. The quantitative estimate of drug-likeness (QED) is 0.211. The number of carbonyl (C=O) groups is 2. The van der Waals surface area contributed by atoms with E-state index in [4.69, 9.17) is 23.2 Å². The minimum absolute atomic E-state index is 0.0418. The number of nitrogens with one attached hydrogen (secondary N) is 1. The maximum Gasteiger partial charge on any atom is 0.243 e. The molecule has 1 N–H and O–H groups in total. The second-order valence-electron chi connectivity index (χ2n) is 11.0. The average molecular weight is 647 g/mol. The van der Waals surface area contributed by atoms with E-state index in [0.717, 1.165) is 28.7 Å². The maximum atomic E-state index is 14.0. The number of aryl methyl sites for hydroxylation is 2. The number of amides is 2. The number of hydrogen-bond acceptors (Lipinski definition) is 4. The zero-order valence-electron chi connectivity index (χ0n) is 25.4. The van der Waals surface area contributed by atoms with E-state index >= 15 is 0 Å². The van der Waals surface area contributed by atoms with Crippen molar-refractivity contribution in [2.24, 2.45) is 0 Å². The smallest absolute Gasteiger partial charge is 0.243 e. The minimum Gasteiger partial charge on any atom is -0.352 e. The molecule has 10 heteroatoms. The van der Waals surface area contributed by atoms with Gasteiger partial charge in [-0.05, 0) is 74.1 Å². The third kappa shape index (κ3) is 9.98. The van der Waals surface area contributed by atoms with Crippen LogP contribution in [-0.2, 0) is 32.6 Å². The van der Waals surface area contributed by atoms with E-state index in [-0.39, 0.29) is 43.8 Å². The van der Waals surface area contributed by atoms with Gasteiger partial charge in [0, 0.05) is 32.0 Å². The summed E-state index contributed by atoms with van der Waals surface area (Å²) in [6.45, 7) is 7.94. The molecule has 3 aromatic rings. The Morgan fingerprint density at radius 2 is 1.63 bits per heavy atom. The molecule has 0 spiro atoms. The number of benzene rings is 3. The second-order valence-corrected chi connectivity index (χ2v) is 13.7. The summed E-state index contributed by atoms with van der Waals surface area (Å²) in [5.41, 5.74) is 4.00. The zero-order chi connectivity index (χ0) is 31.7. The fourth-order valence-corrected chi connectivity index (χ4v) is 6.14. The monoisotopic (exact) mass is 645 g/mol. The third-order valence-corrected chi connectivity index (χ3v) is 9.31. The van der Waals surface area contributed by atoms with Gasteiger partial charge in [0.25, 0.3) is 0 Å². The minimum atomic E-state index is -3.60. The highest BCUT2D eigenvalue weighted by Gasteiger charge is 2.31. The van der Waals surface area contributed by atoms with E-state index in [0.29, 0.717) is 22.2 Å². The number of carbonyl (C=O) groups excluding carboxylic acids is 2. The predicted octanol–water partition coefficient (Wildman–Crippen LogP) is 6.71. The standard InChI is InChI=1S/C33H41Cl2N3O4S/c1-6-25(4)36-33(40)31(21-26-11-8-7-9-12-26)37(22-27-16-17-28(34)29(35)20-27)32(39)13-10-18-38(43(5,41)42)30-19-23(2)14-15-24(30)3/h7-9,11-12,14-17,19-20,25,31H,6,10,13,18,21-22H2,1-5H3,(H,36,40)/t25-,31+/m1/s1. The molecule has 0 fully saturated rings. The van der Waals surface area contributed by atoms with E-state index in [9.17, 15) is 18.0 Å². The van der Waals surface area contributed by atoms with Crippen LogP contribution in [0.3, 0.4) is 0 Å². The van der Waals surface area contributed by atoms with Crippen LogP contribution in [0, 0.1) is 13.8 Å². The van der Waals surface area contributed by atoms with Gasteiger partial charge in [0.2, 0.25) is 21.8 Å². The summed E-state index contributed by atoms with van der Waals surface area (Å²) in [6.07, 6.45) is 2.53. The van der Waals surface area contributed by atoms with Gasteiger partial charge in [-0.3, -0.25) is 13.9 Å². The first kappa shape index (κ1) is 34.4. The Balaban J connectivity index is 1.93. The van der Waals surface area contributed by atoms with Crippen LogP contribution in [-0.4, -0.2) is 50.0 Å². The van der Waals surface area contributed by atoms with Crippen molar-refractivity contribution >= 4 is 50.7 Å². The number of halogens is 2. The van der Waals surface area contributed by atoms with Gasteiger partial charge in [0.05, 0.1) is 22.0 Å². The normalized spacial score (nSPS) is 12.8. The van der Waals surface area contributed by atoms with Crippen molar-refractivity contribution in [1.82, 2.24) is 10.2 Å². The van der Waals surface area contributed by atoms with Crippen LogP contribution in [0.5, 0.6) is 0 Å². The summed E-state index contributed by atoms with van der Waals surface area (Å²) in [6, 6.07) is 19.5. The Kier molecular flexibility index (Phi) is 12.5. The molecule has 0 aliphatic rings. The molecule has 0 aliphatic heterocycles. The van der Waals surface area contributed by atoms with E-state index in [1.165, 1.54) is 10.6 Å². The van der Waals surface area contributed by atoms with Gasteiger partial charge in [0.15, 0.2) is 0 Å². The molecule has 232 valence electrons. The molecule has 2 atom stereocenters. The fourth-order valence-electron chi connectivity index (χ4n) is 4.80. The number of sulfonamides is 1. The highest BCUT2D eigenvalue weighted by molar-refractivity contribution is 7.92. The summed E-state index contributed by atoms with van der Waals surface area (Å²) in [7, 11) is -3.60. The highest BCUT2D eigenvalue weighted by Crippen LogP contribution is 2.26. The second kappa shape index (κ2) is 15.6. The van der Waals surface area contributed by atoms with Gasteiger partial charge in [-0.2, -0.15) is 0 Å². The van der Waals surface area contributed by atoms with Crippen LogP contribution < -0.4 is 9.62 Å². The molecule has 0 aromatic heterocycles. The first-order valence-corrected chi connectivity index (χ1v) is 17.0. The van der Waals surface area contributed by atoms with Gasteiger partial charge in [-0.15, -0.1) is 0 Å². The summed E-state index contributed by atoms with van der Waals surface area (Å²) in [5.74, 6) is -0.513. The van der Waals surface area contributed by atoms with Gasteiger partial charge in [0.1, 0.15) is 6.04 Å². The molecule has 3 aromatic carbocycles. The lowest BCUT2D eigenvalue weighted by Gasteiger charge is -2.33. The number of anilines is 1. The molecule has 43 heavy (non-hydrogen) atoms. The Morgan fingerprint density at radius 1 is 0.930 bits per heavy atom. The fraction of sp³-hybridized carbons (Fsp3) is 0.394. The van der Waals surface area contributed by atoms with E-state index < -0.39 is 16.1 Å². The van der Waals surface area contributed by atoms with Gasteiger partial charge in [-0.1, -0.05) is 78.7 Å². The van der Waals surface area contributed by atoms with Crippen molar-refractivity contribution in [2.75, 3.05) is 17.1 Å². The first-order valence-electron chi connectivity index (χ1n) is 14.4. The van der Waals surface area contributed by atoms with Crippen LogP contribution >= 0.6 is 23.2 Å². The third-order valence-electron chi connectivity index (χ3n) is 7.39. The lowest BCUT2D eigenvalue weighted by Crippen LogP contribution is -2.52. The summed E-state index contributed by atoms with van der Waals surface area (Å²) in [4.78, 5) is 29.3. The van der Waals surface area contributed by atoms with Crippen LogP contribution in [0.25, 0.3) is 0 Å². The SMILES string of the molecule is CC[C@@H](C)NC(=O)[C@H](Cc1ccccc1)N(Cc1ccc(Cl)c(Cl)c1)C(=O)CCCN(c1cc(C)ccc1C)S(C)(=O)=O. The van der Waals surface area contributed by atoms with Crippen molar-refractivity contribution in [1.29, 1.82) is 0 Å². The average Bonchev–Trinajstić information content (AvgIpc) is 2.96. The number of nitrogens with zero attached hydrogens (tertiary/aromatic N) is 2. The van der Waals surface area contributed by atoms with Crippen molar-refractivity contribution in [2.45, 2.75) is 72.0 Å². The molecule has 2 amide bonds. The number of rotatable bonds is 14. The van der Waals surface area contributed by atoms with Crippen LogP contribution in [0.1, 0.15) is 55.4 Å². The molecule has 0 unspecified atom stereocenters. The molecule has 0 saturated carbocycles. The molecule has 7 nitrogen and oxygen atoms in total. The molecular weight excluding hydrogens is 605 g/mol. The van der Waals surface area contributed by atoms with Crippen molar-refractivity contribution in [3.63, 3.8) is 0 Å². The molecule has 3 rings (SSSR count). The highest BCUT2D eigenvalue weighted by atomic mass is 35.5. The maximum absolute atomic E-state index is 14.0. The van der Waals surface area contributed by atoms with Crippen molar-refractivity contribution < 1.29 is 18.0 Å². The van der Waals surface area contributed by atoms with Gasteiger partial charge in [-0.25, -0.2) is 8.42 Å². The summed E-state index contributed by atoms with van der Waals surface area (Å²) < 4.78 is 26.9. The largest absolute Gasteiger partial charge is 0.352 e. The Morgan fingerprint density at radius 3 is 2.26 bits per heavy atom. The topological polar surface area (TPSA) is 86.8 Å². The lowest BCUT2D eigenvalue weighted by atomic mass is 10.0. The van der Waals surface area contributed by atoms with Crippen molar-refractivity contribution in [3.8, 4) is 0 Å². The van der Waals surface area contributed by atoms with Crippen LogP contribution in [0.15, 0.2) is 66.7 Å². The molecule has 0 aliphatic carbocycles. The zero-order valence-corrected chi connectivity index (χ0v) is 27.8. The molecule has 0 saturated heterocycles. The summed E-state index contributed by atoms with van der Waals surface area (Å²) >= 11 is 12.5. The Bertz CT molecular complexity index is 1520. The molecule has 0 heterocycles. The van der Waals surface area contributed by atoms with E-state index in [1.54, 1.807) is 23.1 Å². The van der Waals surface area contributed by atoms with E-state index in [1.807, 2.05) is 76.2 Å².